The predicted molar refractivity (Wildman–Crippen MR) is 120 cm³/mol. The SMILES string of the molecule is CCc1ccc(CN2CCN(CC(=O)Nc3cc(OC)c(OC)c(OC)c3)CC2)s1. The van der Waals surface area contributed by atoms with E-state index in [1.807, 2.05) is 11.3 Å². The highest BCUT2D eigenvalue weighted by atomic mass is 32.1. The van der Waals surface area contributed by atoms with Crippen LogP contribution in [-0.4, -0.2) is 69.8 Å². The standard InChI is InChI=1S/C22H31N3O4S/c1-5-17-6-7-18(30-17)14-24-8-10-25(11-9-24)15-21(26)23-16-12-19(27-2)22(29-4)20(13-16)28-3/h6-7,12-13H,5,8-11,14-15H2,1-4H3,(H,23,26). The van der Waals surface area contributed by atoms with Gasteiger partial charge in [-0.2, -0.15) is 0 Å². The fourth-order valence-electron chi connectivity index (χ4n) is 3.58. The highest BCUT2D eigenvalue weighted by Crippen LogP contribution is 2.39. The minimum Gasteiger partial charge on any atom is -0.493 e. The third-order valence-electron chi connectivity index (χ3n) is 5.23. The van der Waals surface area contributed by atoms with Crippen LogP contribution in [0.25, 0.3) is 0 Å². The molecular weight excluding hydrogens is 402 g/mol. The second kappa shape index (κ2) is 10.7. The molecule has 1 aliphatic rings. The molecule has 1 saturated heterocycles. The molecule has 1 aromatic carbocycles. The van der Waals surface area contributed by atoms with Crippen molar-refractivity contribution in [2.45, 2.75) is 19.9 Å². The van der Waals surface area contributed by atoms with Crippen molar-refractivity contribution in [2.75, 3.05) is 59.4 Å². The Morgan fingerprint density at radius 3 is 2.10 bits per heavy atom. The van der Waals surface area contributed by atoms with Crippen molar-refractivity contribution in [3.63, 3.8) is 0 Å². The van der Waals surface area contributed by atoms with E-state index in [0.29, 0.717) is 29.5 Å². The lowest BCUT2D eigenvalue weighted by Crippen LogP contribution is -2.48. The van der Waals surface area contributed by atoms with E-state index in [-0.39, 0.29) is 5.91 Å². The molecule has 1 N–H and O–H groups in total. The molecule has 0 spiro atoms. The average Bonchev–Trinajstić information content (AvgIpc) is 3.21. The summed E-state index contributed by atoms with van der Waals surface area (Å²) in [7, 11) is 4.67. The summed E-state index contributed by atoms with van der Waals surface area (Å²) in [5, 5.41) is 2.94. The smallest absolute Gasteiger partial charge is 0.238 e. The molecule has 8 heteroatoms. The number of rotatable bonds is 9. The molecule has 0 bridgehead atoms. The zero-order valence-corrected chi connectivity index (χ0v) is 19.0. The van der Waals surface area contributed by atoms with Gasteiger partial charge < -0.3 is 19.5 Å². The number of hydrogen-bond acceptors (Lipinski definition) is 7. The Labute approximate surface area is 182 Å². The number of ether oxygens (including phenoxy) is 3. The molecule has 0 atom stereocenters. The molecule has 2 heterocycles. The fraction of sp³-hybridized carbons (Fsp3) is 0.500. The summed E-state index contributed by atoms with van der Waals surface area (Å²) in [6.07, 6.45) is 1.10. The minimum absolute atomic E-state index is 0.0523. The van der Waals surface area contributed by atoms with Gasteiger partial charge in [-0.25, -0.2) is 0 Å². The van der Waals surface area contributed by atoms with E-state index in [2.05, 4.69) is 34.2 Å². The Kier molecular flexibility index (Phi) is 7.95. The van der Waals surface area contributed by atoms with Crippen molar-refractivity contribution in [2.24, 2.45) is 0 Å². The Balaban J connectivity index is 1.50. The summed E-state index contributed by atoms with van der Waals surface area (Å²) >= 11 is 1.90. The molecule has 1 fully saturated rings. The highest BCUT2D eigenvalue weighted by Gasteiger charge is 2.20. The molecule has 1 aromatic heterocycles. The van der Waals surface area contributed by atoms with Gasteiger partial charge in [0, 0.05) is 60.3 Å². The first-order valence-electron chi connectivity index (χ1n) is 10.2. The Hall–Kier alpha value is -2.29. The second-order valence-corrected chi connectivity index (χ2v) is 8.49. The largest absolute Gasteiger partial charge is 0.493 e. The van der Waals surface area contributed by atoms with Crippen LogP contribution in [0.15, 0.2) is 24.3 Å². The first-order chi connectivity index (χ1) is 14.6. The van der Waals surface area contributed by atoms with E-state index in [0.717, 1.165) is 39.1 Å². The van der Waals surface area contributed by atoms with Crippen LogP contribution in [0.4, 0.5) is 5.69 Å². The van der Waals surface area contributed by atoms with Gasteiger partial charge in [-0.05, 0) is 18.6 Å². The number of hydrogen-bond donors (Lipinski definition) is 1. The predicted octanol–water partition coefficient (Wildman–Crippen LogP) is 3.09. The van der Waals surface area contributed by atoms with Crippen LogP contribution in [0, 0.1) is 0 Å². The van der Waals surface area contributed by atoms with E-state index in [1.54, 1.807) is 33.5 Å². The third-order valence-corrected chi connectivity index (χ3v) is 6.44. The topological polar surface area (TPSA) is 63.3 Å². The number of piperazine rings is 1. The number of anilines is 1. The molecule has 30 heavy (non-hydrogen) atoms. The van der Waals surface area contributed by atoms with Gasteiger partial charge in [-0.15, -0.1) is 11.3 Å². The number of nitrogens with zero attached hydrogens (tertiary/aromatic N) is 2. The molecule has 3 rings (SSSR count). The van der Waals surface area contributed by atoms with Crippen molar-refractivity contribution >= 4 is 22.9 Å². The minimum atomic E-state index is -0.0523. The average molecular weight is 434 g/mol. The van der Waals surface area contributed by atoms with Gasteiger partial charge in [0.15, 0.2) is 11.5 Å². The van der Waals surface area contributed by atoms with Gasteiger partial charge >= 0.3 is 0 Å². The second-order valence-electron chi connectivity index (χ2n) is 7.24. The third kappa shape index (κ3) is 5.65. The van der Waals surface area contributed by atoms with Crippen molar-refractivity contribution in [3.05, 3.63) is 34.0 Å². The Morgan fingerprint density at radius 1 is 0.967 bits per heavy atom. The van der Waals surface area contributed by atoms with E-state index < -0.39 is 0 Å². The Morgan fingerprint density at radius 2 is 1.57 bits per heavy atom. The summed E-state index contributed by atoms with van der Waals surface area (Å²) in [6.45, 7) is 7.26. The van der Waals surface area contributed by atoms with Gasteiger partial charge in [0.05, 0.1) is 27.9 Å². The number of thiophene rings is 1. The highest BCUT2D eigenvalue weighted by molar-refractivity contribution is 7.11. The van der Waals surface area contributed by atoms with Crippen LogP contribution in [0.1, 0.15) is 16.7 Å². The lowest BCUT2D eigenvalue weighted by atomic mass is 10.2. The molecule has 2 aromatic rings. The molecule has 1 aliphatic heterocycles. The molecule has 164 valence electrons. The molecule has 1 amide bonds. The lowest BCUT2D eigenvalue weighted by Gasteiger charge is -2.34. The monoisotopic (exact) mass is 433 g/mol. The van der Waals surface area contributed by atoms with Crippen LogP contribution in [0.5, 0.6) is 17.2 Å². The van der Waals surface area contributed by atoms with Crippen molar-refractivity contribution in [1.82, 2.24) is 9.80 Å². The summed E-state index contributed by atoms with van der Waals surface area (Å²) in [5.74, 6) is 1.48. The maximum absolute atomic E-state index is 12.6. The normalized spacial score (nSPS) is 15.1. The van der Waals surface area contributed by atoms with E-state index in [1.165, 1.54) is 9.75 Å². The van der Waals surface area contributed by atoms with Crippen LogP contribution in [0.3, 0.4) is 0 Å². The van der Waals surface area contributed by atoms with Gasteiger partial charge in [0.2, 0.25) is 11.7 Å². The molecule has 0 unspecified atom stereocenters. The molecule has 0 radical (unpaired) electrons. The van der Waals surface area contributed by atoms with Crippen molar-refractivity contribution in [1.29, 1.82) is 0 Å². The number of nitrogens with one attached hydrogen (secondary N) is 1. The van der Waals surface area contributed by atoms with Gasteiger partial charge in [0.1, 0.15) is 0 Å². The van der Waals surface area contributed by atoms with Crippen LogP contribution in [-0.2, 0) is 17.8 Å². The molecule has 7 nitrogen and oxygen atoms in total. The fourth-order valence-corrected chi connectivity index (χ4v) is 4.58. The summed E-state index contributed by atoms with van der Waals surface area (Å²) in [4.78, 5) is 20.1. The maximum Gasteiger partial charge on any atom is 0.238 e. The number of aryl methyl sites for hydroxylation is 1. The van der Waals surface area contributed by atoms with E-state index in [9.17, 15) is 4.79 Å². The number of amides is 1. The number of methoxy groups -OCH3 is 3. The number of carbonyl (C=O) groups is 1. The molecular formula is C22H31N3O4S. The van der Waals surface area contributed by atoms with Gasteiger partial charge in [-0.1, -0.05) is 6.92 Å². The van der Waals surface area contributed by atoms with Crippen molar-refractivity contribution < 1.29 is 19.0 Å². The number of benzene rings is 1. The van der Waals surface area contributed by atoms with Crippen LogP contribution in [0.2, 0.25) is 0 Å². The lowest BCUT2D eigenvalue weighted by molar-refractivity contribution is -0.117. The first-order valence-corrected chi connectivity index (χ1v) is 11.0. The molecule has 0 saturated carbocycles. The van der Waals surface area contributed by atoms with Crippen LogP contribution >= 0.6 is 11.3 Å². The quantitative estimate of drug-likeness (QED) is 0.656. The Bertz CT molecular complexity index is 822. The maximum atomic E-state index is 12.6. The van der Waals surface area contributed by atoms with E-state index in [4.69, 9.17) is 14.2 Å². The summed E-state index contributed by atoms with van der Waals surface area (Å²) in [5.41, 5.74) is 0.623. The zero-order valence-electron chi connectivity index (χ0n) is 18.2. The summed E-state index contributed by atoms with van der Waals surface area (Å²) < 4.78 is 16.0. The van der Waals surface area contributed by atoms with Gasteiger partial charge in [-0.3, -0.25) is 14.6 Å². The van der Waals surface area contributed by atoms with Crippen molar-refractivity contribution in [3.8, 4) is 17.2 Å². The first kappa shape index (κ1) is 22.4. The van der Waals surface area contributed by atoms with Gasteiger partial charge in [0.25, 0.3) is 0 Å². The van der Waals surface area contributed by atoms with Crippen LogP contribution < -0.4 is 19.5 Å². The summed E-state index contributed by atoms with van der Waals surface area (Å²) in [6, 6.07) is 7.94. The zero-order chi connectivity index (χ0) is 21.5. The molecule has 0 aliphatic carbocycles. The number of carbonyl (C=O) groups excluding carboxylic acids is 1. The van der Waals surface area contributed by atoms with E-state index >= 15 is 0 Å².